The molecule has 1 aromatic rings. The molecular weight excluding hydrogens is 330 g/mol. The Morgan fingerprint density at radius 1 is 1.38 bits per heavy atom. The van der Waals surface area contributed by atoms with Crippen molar-refractivity contribution in [3.8, 4) is 0 Å². The molecule has 2 aliphatic heterocycles. The van der Waals surface area contributed by atoms with Crippen molar-refractivity contribution in [1.82, 2.24) is 15.5 Å². The average Bonchev–Trinajstić information content (AvgIpc) is 2.99. The van der Waals surface area contributed by atoms with Crippen LogP contribution in [0.5, 0.6) is 0 Å². The lowest BCUT2D eigenvalue weighted by Crippen LogP contribution is -2.47. The van der Waals surface area contributed by atoms with Gasteiger partial charge in [-0.2, -0.15) is 0 Å². The predicted octanol–water partition coefficient (Wildman–Crippen LogP) is 0.835. The van der Waals surface area contributed by atoms with Gasteiger partial charge >= 0.3 is 0 Å². The van der Waals surface area contributed by atoms with Gasteiger partial charge in [-0.25, -0.2) is 0 Å². The van der Waals surface area contributed by atoms with Gasteiger partial charge in [0.25, 0.3) is 5.91 Å². The maximum Gasteiger partial charge on any atom is 0.250 e. The molecule has 2 heterocycles. The molecule has 1 atom stereocenters. The lowest BCUT2D eigenvalue weighted by Gasteiger charge is -2.22. The number of carbonyl (C=O) groups is 2. The number of amides is 2. The van der Waals surface area contributed by atoms with Crippen molar-refractivity contribution in [3.05, 3.63) is 35.4 Å². The second-order valence-electron chi connectivity index (χ2n) is 6.02. The third-order valence-electron chi connectivity index (χ3n) is 4.22. The number of rotatable bonds is 5. The molecule has 0 saturated carbocycles. The minimum atomic E-state index is -0.408. The summed E-state index contributed by atoms with van der Waals surface area (Å²) in [6.45, 7) is 3.88. The van der Waals surface area contributed by atoms with Crippen LogP contribution in [0.4, 0.5) is 0 Å². The van der Waals surface area contributed by atoms with Crippen LogP contribution in [0.25, 0.3) is 0 Å². The topological polar surface area (TPSA) is 70.7 Å². The van der Waals surface area contributed by atoms with Gasteiger partial charge in [-0.3, -0.25) is 9.59 Å². The van der Waals surface area contributed by atoms with Gasteiger partial charge in [0.05, 0.1) is 6.61 Å². The molecule has 0 aromatic heterocycles. The zero-order valence-corrected chi connectivity index (χ0v) is 14.4. The highest BCUT2D eigenvalue weighted by atomic mass is 35.5. The largest absolute Gasteiger partial charge is 0.366 e. The highest BCUT2D eigenvalue weighted by Gasteiger charge is 2.22. The summed E-state index contributed by atoms with van der Waals surface area (Å²) in [5.74, 6) is 0.142. The van der Waals surface area contributed by atoms with Crippen LogP contribution in [-0.4, -0.2) is 49.1 Å². The third kappa shape index (κ3) is 4.93. The molecule has 2 aliphatic rings. The molecule has 7 heteroatoms. The van der Waals surface area contributed by atoms with Crippen molar-refractivity contribution < 1.29 is 14.3 Å². The van der Waals surface area contributed by atoms with E-state index in [1.165, 1.54) is 0 Å². The molecule has 3 rings (SSSR count). The first kappa shape index (κ1) is 18.7. The number of hydrogen-bond acceptors (Lipinski definition) is 4. The third-order valence-corrected chi connectivity index (χ3v) is 4.22. The standard InChI is InChI=1S/C17H23N3O3.ClH/c21-16-5-2-7-20(16)12-14-4-1-3-13(9-14)10-19-17(22)15-11-18-6-8-23-15;/h1,3-4,9,15,18H,2,5-8,10-12H2,(H,19,22);1H. The molecule has 2 fully saturated rings. The van der Waals surface area contributed by atoms with E-state index in [2.05, 4.69) is 10.6 Å². The minimum absolute atomic E-state index is 0. The number of ether oxygens (including phenoxy) is 1. The first-order valence-electron chi connectivity index (χ1n) is 8.18. The second kappa shape index (κ2) is 9.01. The van der Waals surface area contributed by atoms with Crippen LogP contribution in [0.3, 0.4) is 0 Å². The highest BCUT2D eigenvalue weighted by molar-refractivity contribution is 5.85. The molecule has 0 bridgehead atoms. The lowest BCUT2D eigenvalue weighted by atomic mass is 10.1. The first-order chi connectivity index (χ1) is 11.2. The summed E-state index contributed by atoms with van der Waals surface area (Å²) < 4.78 is 5.43. The van der Waals surface area contributed by atoms with Gasteiger partial charge in [-0.15, -0.1) is 12.4 Å². The van der Waals surface area contributed by atoms with Crippen LogP contribution in [0.2, 0.25) is 0 Å². The summed E-state index contributed by atoms with van der Waals surface area (Å²) in [5.41, 5.74) is 2.13. The summed E-state index contributed by atoms with van der Waals surface area (Å²) in [6.07, 6.45) is 1.20. The van der Waals surface area contributed by atoms with Crippen LogP contribution in [0.1, 0.15) is 24.0 Å². The molecule has 6 nitrogen and oxygen atoms in total. The molecule has 2 saturated heterocycles. The minimum Gasteiger partial charge on any atom is -0.366 e. The SMILES string of the molecule is Cl.O=C(NCc1cccc(CN2CCCC2=O)c1)C1CNCCO1. The number of carbonyl (C=O) groups excluding carboxylic acids is 2. The Labute approximate surface area is 148 Å². The van der Waals surface area contributed by atoms with Crippen LogP contribution in [0.15, 0.2) is 24.3 Å². The molecule has 1 unspecified atom stereocenters. The number of benzene rings is 1. The van der Waals surface area contributed by atoms with Crippen LogP contribution >= 0.6 is 12.4 Å². The number of halogens is 1. The normalized spacial score (nSPS) is 20.6. The van der Waals surface area contributed by atoms with Crippen molar-refractivity contribution in [1.29, 1.82) is 0 Å². The number of likely N-dealkylation sites (tertiary alicyclic amines) is 1. The first-order valence-corrected chi connectivity index (χ1v) is 8.18. The van der Waals surface area contributed by atoms with Gasteiger partial charge in [-0.1, -0.05) is 24.3 Å². The molecule has 0 aliphatic carbocycles. The Morgan fingerprint density at radius 2 is 2.21 bits per heavy atom. The Kier molecular flexibility index (Phi) is 7.02. The van der Waals surface area contributed by atoms with E-state index in [9.17, 15) is 9.59 Å². The smallest absolute Gasteiger partial charge is 0.250 e. The lowest BCUT2D eigenvalue weighted by molar-refractivity contribution is -0.134. The fraction of sp³-hybridized carbons (Fsp3) is 0.529. The predicted molar refractivity (Wildman–Crippen MR) is 92.8 cm³/mol. The number of nitrogens with one attached hydrogen (secondary N) is 2. The van der Waals surface area contributed by atoms with Crippen molar-refractivity contribution >= 4 is 24.2 Å². The van der Waals surface area contributed by atoms with E-state index in [1.807, 2.05) is 29.2 Å². The molecule has 2 N–H and O–H groups in total. The van der Waals surface area contributed by atoms with E-state index in [-0.39, 0.29) is 24.2 Å². The van der Waals surface area contributed by atoms with E-state index in [0.717, 1.165) is 30.6 Å². The van der Waals surface area contributed by atoms with Crippen molar-refractivity contribution in [2.45, 2.75) is 32.0 Å². The van der Waals surface area contributed by atoms with Crippen molar-refractivity contribution in [3.63, 3.8) is 0 Å². The zero-order valence-electron chi connectivity index (χ0n) is 13.6. The summed E-state index contributed by atoms with van der Waals surface area (Å²) in [4.78, 5) is 25.6. The maximum absolute atomic E-state index is 12.0. The van der Waals surface area contributed by atoms with Gasteiger partial charge < -0.3 is 20.3 Å². The van der Waals surface area contributed by atoms with Gasteiger partial charge in [0.2, 0.25) is 5.91 Å². The van der Waals surface area contributed by atoms with Crippen molar-refractivity contribution in [2.75, 3.05) is 26.2 Å². The van der Waals surface area contributed by atoms with E-state index in [4.69, 9.17) is 4.74 Å². The van der Waals surface area contributed by atoms with E-state index < -0.39 is 6.10 Å². The molecule has 132 valence electrons. The zero-order chi connectivity index (χ0) is 16.1. The quantitative estimate of drug-likeness (QED) is 0.822. The molecule has 1 aromatic carbocycles. The van der Waals surface area contributed by atoms with E-state index in [0.29, 0.717) is 32.7 Å². The highest BCUT2D eigenvalue weighted by Crippen LogP contribution is 2.15. The Balaban J connectivity index is 0.00000208. The molecular formula is C17H24ClN3O3. The number of nitrogens with zero attached hydrogens (tertiary/aromatic N) is 1. The van der Waals surface area contributed by atoms with Crippen LogP contribution < -0.4 is 10.6 Å². The average molecular weight is 354 g/mol. The summed E-state index contributed by atoms with van der Waals surface area (Å²) in [5, 5.41) is 6.06. The second-order valence-corrected chi connectivity index (χ2v) is 6.02. The summed E-state index contributed by atoms with van der Waals surface area (Å²) in [7, 11) is 0. The Bertz CT molecular complexity index is 576. The Morgan fingerprint density at radius 3 is 2.92 bits per heavy atom. The van der Waals surface area contributed by atoms with Crippen LogP contribution in [0, 0.1) is 0 Å². The van der Waals surface area contributed by atoms with E-state index >= 15 is 0 Å². The van der Waals surface area contributed by atoms with Gasteiger partial charge in [-0.05, 0) is 17.5 Å². The maximum atomic E-state index is 12.0. The van der Waals surface area contributed by atoms with Crippen LogP contribution in [-0.2, 0) is 27.4 Å². The molecule has 0 radical (unpaired) electrons. The number of hydrogen-bond donors (Lipinski definition) is 2. The van der Waals surface area contributed by atoms with Gasteiger partial charge in [0.1, 0.15) is 6.10 Å². The van der Waals surface area contributed by atoms with E-state index in [1.54, 1.807) is 0 Å². The van der Waals surface area contributed by atoms with Gasteiger partial charge in [0.15, 0.2) is 0 Å². The molecule has 0 spiro atoms. The number of morpholine rings is 1. The molecule has 24 heavy (non-hydrogen) atoms. The monoisotopic (exact) mass is 353 g/mol. The summed E-state index contributed by atoms with van der Waals surface area (Å²) >= 11 is 0. The fourth-order valence-electron chi connectivity index (χ4n) is 2.97. The molecule has 2 amide bonds. The van der Waals surface area contributed by atoms with Crippen molar-refractivity contribution in [2.24, 2.45) is 0 Å². The van der Waals surface area contributed by atoms with Gasteiger partial charge in [0, 0.05) is 39.1 Å². The fourth-order valence-corrected chi connectivity index (χ4v) is 2.97. The Hall–Kier alpha value is -1.63. The summed E-state index contributed by atoms with van der Waals surface area (Å²) in [6, 6.07) is 8.02.